The highest BCUT2D eigenvalue weighted by Crippen LogP contribution is 2.47. The molecule has 2 nitrogen and oxygen atoms in total. The molecule has 0 radical (unpaired) electrons. The van der Waals surface area contributed by atoms with Crippen molar-refractivity contribution >= 4 is 5.78 Å². The number of hydrogen-bond acceptors (Lipinski definition) is 2. The number of fused-ring (bicyclic) bond motifs is 1. The van der Waals surface area contributed by atoms with Gasteiger partial charge in [-0.05, 0) is 43.4 Å². The second-order valence-electron chi connectivity index (χ2n) is 6.26. The lowest BCUT2D eigenvalue weighted by molar-refractivity contribution is -0.118. The molecule has 2 saturated carbocycles. The summed E-state index contributed by atoms with van der Waals surface area (Å²) in [4.78, 5) is 11.5. The van der Waals surface area contributed by atoms with Crippen molar-refractivity contribution < 1.29 is 9.53 Å². The van der Waals surface area contributed by atoms with Crippen molar-refractivity contribution in [2.75, 3.05) is 7.11 Å². The number of Topliss-reactive ketones (excluding diaryl/α,β-unsaturated/α-hetero) is 1. The van der Waals surface area contributed by atoms with Gasteiger partial charge >= 0.3 is 0 Å². The van der Waals surface area contributed by atoms with Gasteiger partial charge in [0.25, 0.3) is 0 Å². The van der Waals surface area contributed by atoms with Crippen LogP contribution in [-0.4, -0.2) is 19.0 Å². The van der Waals surface area contributed by atoms with Gasteiger partial charge in [0.1, 0.15) is 5.78 Å². The van der Waals surface area contributed by atoms with E-state index in [2.05, 4.69) is 6.92 Å². The third-order valence-electron chi connectivity index (χ3n) is 5.21. The first kappa shape index (κ1) is 14.0. The van der Waals surface area contributed by atoms with Crippen molar-refractivity contribution in [1.29, 1.82) is 0 Å². The molecule has 0 saturated heterocycles. The van der Waals surface area contributed by atoms with Gasteiger partial charge in [-0.15, -0.1) is 0 Å². The van der Waals surface area contributed by atoms with E-state index in [0.717, 1.165) is 37.0 Å². The molecule has 0 heterocycles. The minimum absolute atomic E-state index is 0.453. The highest BCUT2D eigenvalue weighted by Gasteiger charge is 2.42. The Balaban J connectivity index is 1.64. The van der Waals surface area contributed by atoms with E-state index in [1.807, 2.05) is 7.11 Å². The van der Waals surface area contributed by atoms with Gasteiger partial charge in [-0.1, -0.05) is 26.2 Å². The van der Waals surface area contributed by atoms with Gasteiger partial charge in [-0.3, -0.25) is 4.79 Å². The minimum Gasteiger partial charge on any atom is -0.381 e. The highest BCUT2D eigenvalue weighted by molar-refractivity contribution is 5.81. The predicted octanol–water partition coefficient (Wildman–Crippen LogP) is 3.98. The predicted molar refractivity (Wildman–Crippen MR) is 73.5 cm³/mol. The number of carbonyl (C=O) groups excluding carboxylic acids is 1. The Morgan fingerprint density at radius 2 is 2.11 bits per heavy atom. The van der Waals surface area contributed by atoms with Crippen molar-refractivity contribution in [3.8, 4) is 0 Å². The van der Waals surface area contributed by atoms with Crippen molar-refractivity contribution in [1.82, 2.24) is 0 Å². The van der Waals surface area contributed by atoms with Crippen LogP contribution in [-0.2, 0) is 9.53 Å². The summed E-state index contributed by atoms with van der Waals surface area (Å²) < 4.78 is 5.41. The average molecular weight is 252 g/mol. The van der Waals surface area contributed by atoms with Crippen molar-refractivity contribution in [3.63, 3.8) is 0 Å². The van der Waals surface area contributed by atoms with E-state index in [-0.39, 0.29) is 0 Å². The largest absolute Gasteiger partial charge is 0.381 e. The van der Waals surface area contributed by atoms with Gasteiger partial charge in [0.05, 0.1) is 6.10 Å². The summed E-state index contributed by atoms with van der Waals surface area (Å²) in [6.45, 7) is 2.19. The average Bonchev–Trinajstić information content (AvgIpc) is 2.89. The molecule has 2 aliphatic rings. The SMILES string of the molecule is CC[C@@H](CCCCC1CC[C@H]2CC(=O)C[C@@H]12)OC. The second-order valence-corrected chi connectivity index (χ2v) is 6.26. The molecule has 104 valence electrons. The van der Waals surface area contributed by atoms with Crippen molar-refractivity contribution in [2.45, 2.75) is 70.8 Å². The van der Waals surface area contributed by atoms with Gasteiger partial charge in [0.2, 0.25) is 0 Å². The van der Waals surface area contributed by atoms with Crippen LogP contribution in [0.3, 0.4) is 0 Å². The topological polar surface area (TPSA) is 26.3 Å². The molecule has 0 aromatic rings. The second kappa shape index (κ2) is 6.70. The van der Waals surface area contributed by atoms with E-state index in [1.165, 1.54) is 38.5 Å². The number of ether oxygens (including phenoxy) is 1. The Morgan fingerprint density at radius 3 is 2.83 bits per heavy atom. The van der Waals surface area contributed by atoms with Crippen LogP contribution in [0.25, 0.3) is 0 Å². The molecule has 2 aliphatic carbocycles. The fourth-order valence-electron chi connectivity index (χ4n) is 4.09. The van der Waals surface area contributed by atoms with E-state index >= 15 is 0 Å². The molecule has 0 bridgehead atoms. The summed E-state index contributed by atoms with van der Waals surface area (Å²) in [7, 11) is 1.82. The molecular formula is C16H28O2. The van der Waals surface area contributed by atoms with Crippen LogP contribution in [0.1, 0.15) is 64.7 Å². The van der Waals surface area contributed by atoms with Crippen LogP contribution in [0, 0.1) is 17.8 Å². The smallest absolute Gasteiger partial charge is 0.133 e. The molecule has 0 spiro atoms. The van der Waals surface area contributed by atoms with Crippen molar-refractivity contribution in [3.05, 3.63) is 0 Å². The highest BCUT2D eigenvalue weighted by atomic mass is 16.5. The van der Waals surface area contributed by atoms with Crippen LogP contribution in [0.15, 0.2) is 0 Å². The number of ketones is 1. The van der Waals surface area contributed by atoms with Crippen molar-refractivity contribution in [2.24, 2.45) is 17.8 Å². The third kappa shape index (κ3) is 3.34. The molecule has 2 rings (SSSR count). The lowest BCUT2D eigenvalue weighted by Gasteiger charge is -2.18. The molecule has 0 aromatic carbocycles. The first-order valence-corrected chi connectivity index (χ1v) is 7.79. The van der Waals surface area contributed by atoms with Gasteiger partial charge < -0.3 is 4.74 Å². The molecule has 2 heteroatoms. The Hall–Kier alpha value is -0.370. The Bertz CT molecular complexity index is 270. The molecule has 4 atom stereocenters. The Kier molecular flexibility index (Phi) is 5.23. The first-order chi connectivity index (χ1) is 8.74. The number of methoxy groups -OCH3 is 1. The summed E-state index contributed by atoms with van der Waals surface area (Å²) in [6.07, 6.45) is 11.2. The molecular weight excluding hydrogens is 224 g/mol. The van der Waals surface area contributed by atoms with E-state index < -0.39 is 0 Å². The zero-order valence-corrected chi connectivity index (χ0v) is 12.0. The molecule has 0 aliphatic heterocycles. The van der Waals surface area contributed by atoms with Crippen LogP contribution in [0.2, 0.25) is 0 Å². The molecule has 18 heavy (non-hydrogen) atoms. The number of carbonyl (C=O) groups is 1. The van der Waals surface area contributed by atoms with Crippen LogP contribution >= 0.6 is 0 Å². The number of unbranched alkanes of at least 4 members (excludes halogenated alkanes) is 1. The van der Waals surface area contributed by atoms with E-state index in [1.54, 1.807) is 0 Å². The summed E-state index contributed by atoms with van der Waals surface area (Å²) in [6, 6.07) is 0. The van der Waals surface area contributed by atoms with E-state index in [0.29, 0.717) is 11.9 Å². The monoisotopic (exact) mass is 252 g/mol. The lowest BCUT2D eigenvalue weighted by Crippen LogP contribution is -2.11. The summed E-state index contributed by atoms with van der Waals surface area (Å²) in [5.74, 6) is 2.89. The molecule has 1 unspecified atom stereocenters. The third-order valence-corrected chi connectivity index (χ3v) is 5.21. The Morgan fingerprint density at radius 1 is 1.28 bits per heavy atom. The maximum atomic E-state index is 11.5. The van der Waals surface area contributed by atoms with E-state index in [9.17, 15) is 4.79 Å². The maximum absolute atomic E-state index is 11.5. The standard InChI is InChI=1S/C16H28O2/c1-3-15(18-2)7-5-4-6-12-8-9-13-10-14(17)11-16(12)13/h12-13,15-16H,3-11H2,1-2H3/t12?,13-,15-,16-/m0/s1. The molecule has 2 fully saturated rings. The van der Waals surface area contributed by atoms with Gasteiger partial charge in [0.15, 0.2) is 0 Å². The van der Waals surface area contributed by atoms with Gasteiger partial charge in [0, 0.05) is 20.0 Å². The van der Waals surface area contributed by atoms with Crippen LogP contribution in [0.4, 0.5) is 0 Å². The zero-order valence-electron chi connectivity index (χ0n) is 12.0. The molecule has 0 aromatic heterocycles. The first-order valence-electron chi connectivity index (χ1n) is 7.79. The van der Waals surface area contributed by atoms with Gasteiger partial charge in [-0.25, -0.2) is 0 Å². The maximum Gasteiger partial charge on any atom is 0.133 e. The summed E-state index contributed by atoms with van der Waals surface area (Å²) in [5.41, 5.74) is 0. The Labute approximate surface area is 111 Å². The van der Waals surface area contributed by atoms with Crippen LogP contribution < -0.4 is 0 Å². The zero-order chi connectivity index (χ0) is 13.0. The molecule has 0 N–H and O–H groups in total. The summed E-state index contributed by atoms with van der Waals surface area (Å²) in [5, 5.41) is 0. The fourth-order valence-corrected chi connectivity index (χ4v) is 4.09. The number of hydrogen-bond donors (Lipinski definition) is 0. The van der Waals surface area contributed by atoms with Crippen LogP contribution in [0.5, 0.6) is 0 Å². The normalized spacial score (nSPS) is 32.8. The minimum atomic E-state index is 0.453. The fraction of sp³-hybridized carbons (Fsp3) is 0.938. The lowest BCUT2D eigenvalue weighted by atomic mass is 9.88. The van der Waals surface area contributed by atoms with E-state index in [4.69, 9.17) is 4.74 Å². The quantitative estimate of drug-likeness (QED) is 0.641. The molecule has 0 amide bonds. The number of rotatable bonds is 7. The summed E-state index contributed by atoms with van der Waals surface area (Å²) >= 11 is 0. The van der Waals surface area contributed by atoms with Gasteiger partial charge in [-0.2, -0.15) is 0 Å².